The molecule has 0 amide bonds. The van der Waals surface area contributed by atoms with Gasteiger partial charge in [-0.05, 0) is 24.6 Å². The second-order valence-electron chi connectivity index (χ2n) is 4.45. The number of alkyl halides is 2. The molecule has 18 heavy (non-hydrogen) atoms. The van der Waals surface area contributed by atoms with E-state index in [0.717, 1.165) is 6.07 Å². The summed E-state index contributed by atoms with van der Waals surface area (Å²) in [6, 6.07) is 3.87. The second-order valence-corrected chi connectivity index (χ2v) is 4.88. The van der Waals surface area contributed by atoms with Gasteiger partial charge in [0.2, 0.25) is 0 Å². The van der Waals surface area contributed by atoms with Crippen molar-refractivity contribution in [3.8, 4) is 0 Å². The number of halogens is 4. The van der Waals surface area contributed by atoms with Crippen molar-refractivity contribution in [2.24, 2.45) is 5.92 Å². The largest absolute Gasteiger partial charge is 0.396 e. The van der Waals surface area contributed by atoms with Gasteiger partial charge in [0.1, 0.15) is 5.82 Å². The predicted molar refractivity (Wildman–Crippen MR) is 63.8 cm³/mol. The highest BCUT2D eigenvalue weighted by atomic mass is 35.5. The van der Waals surface area contributed by atoms with Crippen molar-refractivity contribution in [2.45, 2.75) is 12.3 Å². The van der Waals surface area contributed by atoms with Crippen molar-refractivity contribution in [1.82, 2.24) is 0 Å². The van der Waals surface area contributed by atoms with Crippen LogP contribution in [0, 0.1) is 11.7 Å². The van der Waals surface area contributed by atoms with E-state index in [1.54, 1.807) is 0 Å². The van der Waals surface area contributed by atoms with Crippen molar-refractivity contribution in [1.29, 1.82) is 0 Å². The minimum Gasteiger partial charge on any atom is -0.396 e. The zero-order valence-electron chi connectivity index (χ0n) is 9.54. The lowest BCUT2D eigenvalue weighted by molar-refractivity contribution is -0.0819. The molecule has 1 N–H and O–H groups in total. The molecule has 1 aromatic rings. The maximum absolute atomic E-state index is 13.7. The lowest BCUT2D eigenvalue weighted by Gasteiger charge is -2.38. The molecule has 1 aliphatic heterocycles. The summed E-state index contributed by atoms with van der Waals surface area (Å²) in [5.74, 6) is -4.66. The van der Waals surface area contributed by atoms with Gasteiger partial charge < -0.3 is 10.0 Å². The molecule has 0 spiro atoms. The molecule has 2 nitrogen and oxygen atoms in total. The first-order chi connectivity index (χ1) is 8.44. The summed E-state index contributed by atoms with van der Waals surface area (Å²) in [6.07, 6.45) is 0.120. The summed E-state index contributed by atoms with van der Waals surface area (Å²) in [7, 11) is 0. The van der Waals surface area contributed by atoms with Crippen LogP contribution in [0.15, 0.2) is 18.2 Å². The van der Waals surface area contributed by atoms with E-state index in [4.69, 9.17) is 16.7 Å². The Morgan fingerprint density at radius 2 is 2.17 bits per heavy atom. The molecule has 1 unspecified atom stereocenters. The summed E-state index contributed by atoms with van der Waals surface area (Å²) >= 11 is 5.74. The van der Waals surface area contributed by atoms with Crippen LogP contribution in [0.5, 0.6) is 0 Å². The minimum absolute atomic E-state index is 0.0820. The first-order valence-corrected chi connectivity index (χ1v) is 6.00. The van der Waals surface area contributed by atoms with Gasteiger partial charge in [-0.1, -0.05) is 11.6 Å². The van der Waals surface area contributed by atoms with Gasteiger partial charge in [0.05, 0.1) is 18.8 Å². The zero-order chi connectivity index (χ0) is 13.3. The average Bonchev–Trinajstić information content (AvgIpc) is 2.31. The van der Waals surface area contributed by atoms with Gasteiger partial charge in [-0.25, -0.2) is 13.2 Å². The van der Waals surface area contributed by atoms with Crippen LogP contribution in [-0.4, -0.2) is 30.7 Å². The van der Waals surface area contributed by atoms with E-state index < -0.39 is 30.8 Å². The second kappa shape index (κ2) is 4.97. The zero-order valence-corrected chi connectivity index (χ0v) is 10.3. The van der Waals surface area contributed by atoms with E-state index in [0.29, 0.717) is 5.02 Å². The monoisotopic (exact) mass is 279 g/mol. The van der Waals surface area contributed by atoms with Crippen LogP contribution in [0.25, 0.3) is 0 Å². The number of rotatable bonds is 2. The Bertz CT molecular complexity index is 441. The summed E-state index contributed by atoms with van der Waals surface area (Å²) in [5, 5.41) is 9.19. The molecular weight excluding hydrogens is 267 g/mol. The molecule has 1 heterocycles. The predicted octanol–water partition coefficient (Wildman–Crippen LogP) is 2.93. The quantitative estimate of drug-likeness (QED) is 0.900. The summed E-state index contributed by atoms with van der Waals surface area (Å²) < 4.78 is 41.0. The molecule has 0 saturated carbocycles. The van der Waals surface area contributed by atoms with Crippen LogP contribution in [0.3, 0.4) is 0 Å². The van der Waals surface area contributed by atoms with E-state index >= 15 is 0 Å². The van der Waals surface area contributed by atoms with Crippen LogP contribution >= 0.6 is 11.6 Å². The van der Waals surface area contributed by atoms with Gasteiger partial charge in [-0.2, -0.15) is 0 Å². The lowest BCUT2D eigenvalue weighted by atomic mass is 9.93. The van der Waals surface area contributed by atoms with E-state index in [1.807, 2.05) is 0 Å². The molecule has 1 fully saturated rings. The fraction of sp³-hybridized carbons (Fsp3) is 0.500. The molecule has 2 rings (SSSR count). The van der Waals surface area contributed by atoms with Gasteiger partial charge >= 0.3 is 0 Å². The maximum atomic E-state index is 13.7. The van der Waals surface area contributed by atoms with Crippen LogP contribution in [0.1, 0.15) is 6.42 Å². The number of nitrogens with zero attached hydrogens (tertiary/aromatic N) is 1. The van der Waals surface area contributed by atoms with Crippen LogP contribution < -0.4 is 4.90 Å². The lowest BCUT2D eigenvalue weighted by Crippen LogP contribution is -2.50. The van der Waals surface area contributed by atoms with Gasteiger partial charge in [0.25, 0.3) is 5.92 Å². The van der Waals surface area contributed by atoms with Crippen LogP contribution in [0.4, 0.5) is 18.9 Å². The van der Waals surface area contributed by atoms with E-state index in [2.05, 4.69) is 0 Å². The molecule has 1 aromatic carbocycles. The number of aliphatic hydroxyl groups excluding tert-OH is 1. The Balaban J connectivity index is 2.23. The Morgan fingerprint density at radius 3 is 2.78 bits per heavy atom. The van der Waals surface area contributed by atoms with E-state index in [-0.39, 0.29) is 18.7 Å². The van der Waals surface area contributed by atoms with Gasteiger partial charge in [0.15, 0.2) is 0 Å². The first kappa shape index (κ1) is 13.5. The molecule has 0 radical (unpaired) electrons. The number of hydrogen-bond donors (Lipinski definition) is 1. The van der Waals surface area contributed by atoms with Crippen molar-refractivity contribution in [2.75, 3.05) is 24.6 Å². The molecule has 1 saturated heterocycles. The first-order valence-electron chi connectivity index (χ1n) is 5.62. The number of piperidine rings is 1. The molecule has 0 bridgehead atoms. The van der Waals surface area contributed by atoms with Crippen molar-refractivity contribution in [3.63, 3.8) is 0 Å². The number of anilines is 1. The van der Waals surface area contributed by atoms with E-state index in [1.165, 1.54) is 17.0 Å². The fourth-order valence-corrected chi connectivity index (χ4v) is 2.31. The molecule has 0 aliphatic carbocycles. The Morgan fingerprint density at radius 1 is 1.44 bits per heavy atom. The standard InChI is InChI=1S/C12H13ClF3NO/c13-9-1-2-10(14)11(5-9)17-4-3-8(6-18)12(15,16)7-17/h1-2,5,8,18H,3-4,6-7H2. The smallest absolute Gasteiger partial charge is 0.270 e. The number of aliphatic hydroxyl groups is 1. The molecular formula is C12H13ClF3NO. The number of benzene rings is 1. The third kappa shape index (κ3) is 2.57. The molecule has 6 heteroatoms. The van der Waals surface area contributed by atoms with Crippen molar-refractivity contribution >= 4 is 17.3 Å². The van der Waals surface area contributed by atoms with Gasteiger partial charge in [-0.3, -0.25) is 0 Å². The Labute approximate surface area is 108 Å². The number of hydrogen-bond acceptors (Lipinski definition) is 2. The maximum Gasteiger partial charge on any atom is 0.270 e. The molecule has 100 valence electrons. The highest BCUT2D eigenvalue weighted by Crippen LogP contribution is 2.36. The van der Waals surface area contributed by atoms with Crippen molar-refractivity contribution < 1.29 is 18.3 Å². The normalized spacial score (nSPS) is 23.2. The topological polar surface area (TPSA) is 23.5 Å². The van der Waals surface area contributed by atoms with Crippen LogP contribution in [0.2, 0.25) is 5.02 Å². The van der Waals surface area contributed by atoms with Crippen LogP contribution in [-0.2, 0) is 0 Å². The molecule has 1 aliphatic rings. The average molecular weight is 280 g/mol. The highest BCUT2D eigenvalue weighted by Gasteiger charge is 2.44. The van der Waals surface area contributed by atoms with E-state index in [9.17, 15) is 13.2 Å². The Hall–Kier alpha value is -0.940. The van der Waals surface area contributed by atoms with Gasteiger partial charge in [0, 0.05) is 17.5 Å². The third-order valence-corrected chi connectivity index (χ3v) is 3.45. The summed E-state index contributed by atoms with van der Waals surface area (Å²) in [6.45, 7) is -0.883. The third-order valence-electron chi connectivity index (χ3n) is 3.22. The minimum atomic E-state index is -3.03. The Kier molecular flexibility index (Phi) is 3.73. The summed E-state index contributed by atoms with van der Waals surface area (Å²) in [5.41, 5.74) is 0.0820. The fourth-order valence-electron chi connectivity index (χ4n) is 2.14. The summed E-state index contributed by atoms with van der Waals surface area (Å²) in [4.78, 5) is 1.27. The van der Waals surface area contributed by atoms with Gasteiger partial charge in [-0.15, -0.1) is 0 Å². The molecule has 0 aromatic heterocycles. The SMILES string of the molecule is OCC1CCN(c2cc(Cl)ccc2F)CC1(F)F. The highest BCUT2D eigenvalue weighted by molar-refractivity contribution is 6.30. The van der Waals surface area contributed by atoms with Crippen molar-refractivity contribution in [3.05, 3.63) is 29.0 Å². The molecule has 1 atom stereocenters.